The van der Waals surface area contributed by atoms with Gasteiger partial charge in [-0.25, -0.2) is 4.79 Å². The molecule has 0 aromatic heterocycles. The first-order valence-corrected chi connectivity index (χ1v) is 8.39. The highest BCUT2D eigenvalue weighted by Gasteiger charge is 2.59. The average molecular weight is 325 g/mol. The number of hydrogen-bond donors (Lipinski definition) is 0. The van der Waals surface area contributed by atoms with Gasteiger partial charge in [0.25, 0.3) is 5.91 Å². The molecule has 0 aliphatic carbocycles. The van der Waals surface area contributed by atoms with E-state index in [1.807, 2.05) is 54.6 Å². The smallest absolute Gasteiger partial charge is 0.329 e. The molecule has 0 N–H and O–H groups in total. The summed E-state index contributed by atoms with van der Waals surface area (Å²) >= 11 is 1.62. The highest BCUT2D eigenvalue weighted by Crippen LogP contribution is 2.57. The topological polar surface area (TPSA) is 46.6 Å². The number of rotatable bonds is 2. The maximum atomic E-state index is 13.0. The summed E-state index contributed by atoms with van der Waals surface area (Å²) in [6.45, 7) is 0. The number of fused-ring (bicyclic) bond motifs is 3. The third kappa shape index (κ3) is 1.80. The van der Waals surface area contributed by atoms with Crippen molar-refractivity contribution in [3.63, 3.8) is 0 Å². The van der Waals surface area contributed by atoms with E-state index in [0.29, 0.717) is 11.3 Å². The zero-order valence-electron chi connectivity index (χ0n) is 12.6. The summed E-state index contributed by atoms with van der Waals surface area (Å²) < 4.78 is 4.92. The second kappa shape index (κ2) is 5.13. The fourth-order valence-corrected chi connectivity index (χ4v) is 5.17. The number of nitrogens with zero attached hydrogens (tertiary/aromatic N) is 1. The third-order valence-corrected chi connectivity index (χ3v) is 6.03. The molecule has 2 aromatic carbocycles. The van der Waals surface area contributed by atoms with Crippen LogP contribution in [0.25, 0.3) is 0 Å². The van der Waals surface area contributed by atoms with Gasteiger partial charge in [0.1, 0.15) is 10.9 Å². The van der Waals surface area contributed by atoms with Gasteiger partial charge in [0.2, 0.25) is 0 Å². The van der Waals surface area contributed by atoms with Crippen molar-refractivity contribution in [1.29, 1.82) is 0 Å². The molecule has 0 radical (unpaired) electrons. The minimum Gasteiger partial charge on any atom is -0.467 e. The summed E-state index contributed by atoms with van der Waals surface area (Å²) in [5.41, 5.74) is 2.62. The summed E-state index contributed by atoms with van der Waals surface area (Å²) in [7, 11) is 1.36. The van der Waals surface area contributed by atoms with Crippen molar-refractivity contribution >= 4 is 23.6 Å². The standard InChI is InChI=1S/C18H15NO3S/c1-22-17(21)15-11-23-18(12-7-3-2-4-8-12)14-10-6-5-9-13(14)16(20)19(15)18/h2-10,15H,11H2,1H3/t15?,18-/m1/s1. The Morgan fingerprint density at radius 1 is 1.17 bits per heavy atom. The van der Waals surface area contributed by atoms with Gasteiger partial charge in [0.05, 0.1) is 7.11 Å². The molecule has 2 aliphatic heterocycles. The normalized spacial score (nSPS) is 25.2. The van der Waals surface area contributed by atoms with Gasteiger partial charge in [-0.15, -0.1) is 11.8 Å². The van der Waals surface area contributed by atoms with Crippen LogP contribution in [0, 0.1) is 0 Å². The second-order valence-electron chi connectivity index (χ2n) is 5.58. The van der Waals surface area contributed by atoms with Crippen LogP contribution in [0.3, 0.4) is 0 Å². The Hall–Kier alpha value is -2.27. The first-order valence-electron chi connectivity index (χ1n) is 7.40. The predicted molar refractivity (Wildman–Crippen MR) is 88.1 cm³/mol. The minimum absolute atomic E-state index is 0.107. The number of benzene rings is 2. The predicted octanol–water partition coefficient (Wildman–Crippen LogP) is 2.63. The van der Waals surface area contributed by atoms with Crippen LogP contribution in [0.5, 0.6) is 0 Å². The number of carbonyl (C=O) groups excluding carboxylic acids is 2. The van der Waals surface area contributed by atoms with Gasteiger partial charge in [0, 0.05) is 16.9 Å². The van der Waals surface area contributed by atoms with Crippen LogP contribution in [-0.4, -0.2) is 35.7 Å². The summed E-state index contributed by atoms with van der Waals surface area (Å²) in [5.74, 6) is 0.0584. The largest absolute Gasteiger partial charge is 0.467 e. The lowest BCUT2D eigenvalue weighted by molar-refractivity contribution is -0.145. The lowest BCUT2D eigenvalue weighted by atomic mass is 9.97. The van der Waals surface area contributed by atoms with Crippen molar-refractivity contribution in [3.8, 4) is 0 Å². The maximum absolute atomic E-state index is 13.0. The van der Waals surface area contributed by atoms with Crippen LogP contribution >= 0.6 is 11.8 Å². The molecule has 0 spiro atoms. The minimum atomic E-state index is -0.645. The molecule has 23 heavy (non-hydrogen) atoms. The van der Waals surface area contributed by atoms with Crippen molar-refractivity contribution in [2.75, 3.05) is 12.9 Å². The van der Waals surface area contributed by atoms with Crippen LogP contribution in [0.2, 0.25) is 0 Å². The number of methoxy groups -OCH3 is 1. The Morgan fingerprint density at radius 3 is 2.61 bits per heavy atom. The Bertz CT molecular complexity index is 792. The highest BCUT2D eigenvalue weighted by molar-refractivity contribution is 8.00. The van der Waals surface area contributed by atoms with Crippen molar-refractivity contribution < 1.29 is 14.3 Å². The van der Waals surface area contributed by atoms with E-state index in [1.54, 1.807) is 16.7 Å². The summed E-state index contributed by atoms with van der Waals surface area (Å²) in [6, 6.07) is 16.9. The van der Waals surface area contributed by atoms with Crippen LogP contribution in [-0.2, 0) is 14.4 Å². The maximum Gasteiger partial charge on any atom is 0.329 e. The molecule has 2 aliphatic rings. The SMILES string of the molecule is COC(=O)C1CS[C@]2(c3ccccc3)c3ccccc3C(=O)N12. The molecule has 4 rings (SSSR count). The number of hydrogen-bond acceptors (Lipinski definition) is 4. The molecule has 2 aromatic rings. The first-order chi connectivity index (χ1) is 11.2. The molecule has 1 unspecified atom stereocenters. The molecule has 2 atom stereocenters. The lowest BCUT2D eigenvalue weighted by Gasteiger charge is -2.34. The summed E-state index contributed by atoms with van der Waals surface area (Å²) in [4.78, 5) is 26.2. The number of thioether (sulfide) groups is 1. The lowest BCUT2D eigenvalue weighted by Crippen LogP contribution is -2.47. The Balaban J connectivity index is 1.96. The van der Waals surface area contributed by atoms with Gasteiger partial charge >= 0.3 is 5.97 Å². The molecule has 2 heterocycles. The monoisotopic (exact) mass is 325 g/mol. The quantitative estimate of drug-likeness (QED) is 0.797. The van der Waals surface area contributed by atoms with Crippen LogP contribution in [0.1, 0.15) is 21.5 Å². The Labute approximate surface area is 138 Å². The molecular weight excluding hydrogens is 310 g/mol. The van der Waals surface area contributed by atoms with Gasteiger partial charge in [-0.1, -0.05) is 48.5 Å². The first kappa shape index (κ1) is 14.3. The van der Waals surface area contributed by atoms with Crippen LogP contribution in [0.15, 0.2) is 54.6 Å². The number of amides is 1. The Kier molecular flexibility index (Phi) is 3.20. The number of ether oxygens (including phenoxy) is 1. The molecule has 5 heteroatoms. The molecule has 0 saturated carbocycles. The number of esters is 1. The van der Waals surface area contributed by atoms with E-state index in [2.05, 4.69) is 0 Å². The summed E-state index contributed by atoms with van der Waals surface area (Å²) in [5, 5.41) is 0. The second-order valence-corrected chi connectivity index (χ2v) is 6.79. The Morgan fingerprint density at radius 2 is 1.87 bits per heavy atom. The van der Waals surface area contributed by atoms with Crippen LogP contribution in [0.4, 0.5) is 0 Å². The van der Waals surface area contributed by atoms with Crippen LogP contribution < -0.4 is 0 Å². The zero-order chi connectivity index (χ0) is 16.0. The molecule has 1 amide bonds. The van der Waals surface area contributed by atoms with Crippen molar-refractivity contribution in [1.82, 2.24) is 4.90 Å². The van der Waals surface area contributed by atoms with E-state index in [9.17, 15) is 9.59 Å². The van der Waals surface area contributed by atoms with Crippen molar-refractivity contribution in [3.05, 3.63) is 71.3 Å². The molecule has 1 saturated heterocycles. The third-order valence-electron chi connectivity index (χ3n) is 4.48. The van der Waals surface area contributed by atoms with Gasteiger partial charge in [-0.3, -0.25) is 4.79 Å². The molecule has 4 nitrogen and oxygen atoms in total. The molecule has 1 fully saturated rings. The van der Waals surface area contributed by atoms with E-state index in [1.165, 1.54) is 7.11 Å². The van der Waals surface area contributed by atoms with E-state index in [0.717, 1.165) is 11.1 Å². The fourth-order valence-electron chi connectivity index (χ4n) is 3.50. The summed E-state index contributed by atoms with van der Waals surface area (Å²) in [6.07, 6.45) is 0. The molecular formula is C18H15NO3S. The average Bonchev–Trinajstić information content (AvgIpc) is 3.12. The van der Waals surface area contributed by atoms with Gasteiger partial charge in [0.15, 0.2) is 0 Å². The zero-order valence-corrected chi connectivity index (χ0v) is 13.4. The molecule has 0 bridgehead atoms. The van der Waals surface area contributed by atoms with E-state index < -0.39 is 10.9 Å². The van der Waals surface area contributed by atoms with Gasteiger partial charge < -0.3 is 9.64 Å². The highest BCUT2D eigenvalue weighted by atomic mass is 32.2. The fraction of sp³-hybridized carbons (Fsp3) is 0.222. The van der Waals surface area contributed by atoms with E-state index in [-0.39, 0.29) is 11.9 Å². The molecule has 116 valence electrons. The van der Waals surface area contributed by atoms with Crippen molar-refractivity contribution in [2.45, 2.75) is 10.9 Å². The van der Waals surface area contributed by atoms with Crippen molar-refractivity contribution in [2.24, 2.45) is 0 Å². The number of carbonyl (C=O) groups is 2. The van der Waals surface area contributed by atoms with E-state index >= 15 is 0 Å². The van der Waals surface area contributed by atoms with Gasteiger partial charge in [-0.2, -0.15) is 0 Å². The van der Waals surface area contributed by atoms with E-state index in [4.69, 9.17) is 4.74 Å². The van der Waals surface area contributed by atoms with Gasteiger partial charge in [-0.05, 0) is 11.6 Å².